The molecule has 0 aliphatic rings. The molecule has 1 heterocycles. The lowest BCUT2D eigenvalue weighted by Gasteiger charge is -2.25. The van der Waals surface area contributed by atoms with Crippen molar-refractivity contribution >= 4 is 22.6 Å². The average molecular weight is 257 g/mol. The van der Waals surface area contributed by atoms with Crippen LogP contribution in [0.25, 0.3) is 0 Å². The van der Waals surface area contributed by atoms with Crippen LogP contribution in [0, 0.1) is 0 Å². The maximum absolute atomic E-state index is 10.7. The van der Waals surface area contributed by atoms with Crippen LogP contribution in [-0.2, 0) is 11.2 Å². The molecule has 0 aromatic carbocycles. The second kappa shape index (κ2) is 6.54. The molecule has 0 radical (unpaired) electrons. The minimum Gasteiger partial charge on any atom is -0.481 e. The standard InChI is InChI=1S/C11H19N3O2S/c1-4-6-9-12-11(17-13-9)14(5-2)8(3)7-10(15)16/h8H,4-7H2,1-3H3,(H,15,16). The number of aromatic nitrogens is 2. The number of aliphatic carboxylic acids is 1. The van der Waals surface area contributed by atoms with Gasteiger partial charge in [-0.05, 0) is 20.3 Å². The summed E-state index contributed by atoms with van der Waals surface area (Å²) in [6, 6.07) is -0.0556. The molecule has 1 N–H and O–H groups in total. The number of nitrogens with zero attached hydrogens (tertiary/aromatic N) is 3. The zero-order valence-electron chi connectivity index (χ0n) is 10.5. The summed E-state index contributed by atoms with van der Waals surface area (Å²) >= 11 is 1.35. The van der Waals surface area contributed by atoms with E-state index >= 15 is 0 Å². The highest BCUT2D eigenvalue weighted by molar-refractivity contribution is 7.09. The van der Waals surface area contributed by atoms with Gasteiger partial charge in [-0.3, -0.25) is 4.79 Å². The molecule has 0 saturated carbocycles. The van der Waals surface area contributed by atoms with Gasteiger partial charge in [-0.2, -0.15) is 4.37 Å². The topological polar surface area (TPSA) is 66.3 Å². The van der Waals surface area contributed by atoms with Gasteiger partial charge in [0, 0.05) is 30.5 Å². The smallest absolute Gasteiger partial charge is 0.305 e. The maximum atomic E-state index is 10.7. The summed E-state index contributed by atoms with van der Waals surface area (Å²) in [4.78, 5) is 17.1. The largest absolute Gasteiger partial charge is 0.481 e. The third kappa shape index (κ3) is 3.96. The molecule has 0 saturated heterocycles. The molecular weight excluding hydrogens is 238 g/mol. The van der Waals surface area contributed by atoms with E-state index in [1.165, 1.54) is 11.5 Å². The number of hydrogen-bond donors (Lipinski definition) is 1. The number of carbonyl (C=O) groups is 1. The Labute approximate surface area is 106 Å². The molecule has 1 aromatic heterocycles. The summed E-state index contributed by atoms with van der Waals surface area (Å²) in [7, 11) is 0. The molecule has 1 aromatic rings. The first kappa shape index (κ1) is 13.9. The summed E-state index contributed by atoms with van der Waals surface area (Å²) < 4.78 is 4.28. The minimum absolute atomic E-state index is 0.0556. The van der Waals surface area contributed by atoms with E-state index in [0.717, 1.165) is 30.3 Å². The van der Waals surface area contributed by atoms with Crippen LogP contribution < -0.4 is 4.90 Å². The van der Waals surface area contributed by atoms with Gasteiger partial charge in [-0.1, -0.05) is 6.92 Å². The van der Waals surface area contributed by atoms with Crippen molar-refractivity contribution in [2.24, 2.45) is 0 Å². The number of aryl methyl sites for hydroxylation is 1. The van der Waals surface area contributed by atoms with Crippen molar-refractivity contribution < 1.29 is 9.90 Å². The summed E-state index contributed by atoms with van der Waals surface area (Å²) in [5.41, 5.74) is 0. The first-order chi connectivity index (χ1) is 8.08. The van der Waals surface area contributed by atoms with Gasteiger partial charge in [-0.15, -0.1) is 0 Å². The number of anilines is 1. The lowest BCUT2D eigenvalue weighted by molar-refractivity contribution is -0.137. The van der Waals surface area contributed by atoms with Crippen molar-refractivity contribution in [1.82, 2.24) is 9.36 Å². The lowest BCUT2D eigenvalue weighted by atomic mass is 10.2. The van der Waals surface area contributed by atoms with Gasteiger partial charge in [0.2, 0.25) is 5.13 Å². The molecule has 6 heteroatoms. The van der Waals surface area contributed by atoms with E-state index in [-0.39, 0.29) is 12.5 Å². The minimum atomic E-state index is -0.783. The number of rotatable bonds is 7. The summed E-state index contributed by atoms with van der Waals surface area (Å²) in [6.07, 6.45) is 2.02. The highest BCUT2D eigenvalue weighted by atomic mass is 32.1. The second-order valence-electron chi connectivity index (χ2n) is 3.98. The van der Waals surface area contributed by atoms with Crippen molar-refractivity contribution in [3.8, 4) is 0 Å². The highest BCUT2D eigenvalue weighted by Crippen LogP contribution is 2.21. The Bertz CT molecular complexity index is 367. The van der Waals surface area contributed by atoms with E-state index in [9.17, 15) is 4.79 Å². The van der Waals surface area contributed by atoms with Crippen LogP contribution in [0.2, 0.25) is 0 Å². The van der Waals surface area contributed by atoms with Gasteiger partial charge in [-0.25, -0.2) is 4.98 Å². The first-order valence-corrected chi connectivity index (χ1v) is 6.66. The van der Waals surface area contributed by atoms with Crippen LogP contribution in [0.15, 0.2) is 0 Å². The van der Waals surface area contributed by atoms with E-state index in [1.54, 1.807) is 0 Å². The maximum Gasteiger partial charge on any atom is 0.305 e. The van der Waals surface area contributed by atoms with Crippen LogP contribution >= 0.6 is 11.5 Å². The Morgan fingerprint density at radius 2 is 2.24 bits per heavy atom. The molecule has 96 valence electrons. The summed E-state index contributed by atoms with van der Waals surface area (Å²) in [6.45, 7) is 6.73. The van der Waals surface area contributed by atoms with Crippen molar-refractivity contribution in [1.29, 1.82) is 0 Å². The second-order valence-corrected chi connectivity index (χ2v) is 4.71. The predicted molar refractivity (Wildman–Crippen MR) is 68.6 cm³/mol. The van der Waals surface area contributed by atoms with E-state index in [2.05, 4.69) is 16.3 Å². The molecule has 0 aliphatic heterocycles. The molecule has 0 aliphatic carbocycles. The van der Waals surface area contributed by atoms with Crippen LogP contribution in [0.4, 0.5) is 5.13 Å². The Balaban J connectivity index is 2.74. The van der Waals surface area contributed by atoms with E-state index in [1.807, 2.05) is 18.7 Å². The normalized spacial score (nSPS) is 12.4. The molecule has 0 amide bonds. The van der Waals surface area contributed by atoms with Crippen LogP contribution in [-0.4, -0.2) is 33.0 Å². The zero-order chi connectivity index (χ0) is 12.8. The first-order valence-electron chi connectivity index (χ1n) is 5.89. The Kier molecular flexibility index (Phi) is 5.34. The predicted octanol–water partition coefficient (Wildman–Crippen LogP) is 2.18. The molecule has 17 heavy (non-hydrogen) atoms. The molecular formula is C11H19N3O2S. The third-order valence-corrected chi connectivity index (χ3v) is 3.31. The van der Waals surface area contributed by atoms with Crippen LogP contribution in [0.5, 0.6) is 0 Å². The van der Waals surface area contributed by atoms with E-state index < -0.39 is 5.97 Å². The monoisotopic (exact) mass is 257 g/mol. The molecule has 1 atom stereocenters. The molecule has 0 bridgehead atoms. The Hall–Kier alpha value is -1.17. The molecule has 1 rings (SSSR count). The van der Waals surface area contributed by atoms with Crippen molar-refractivity contribution in [3.05, 3.63) is 5.82 Å². The molecule has 0 spiro atoms. The Morgan fingerprint density at radius 3 is 2.76 bits per heavy atom. The Morgan fingerprint density at radius 1 is 1.53 bits per heavy atom. The summed E-state index contributed by atoms with van der Waals surface area (Å²) in [5.74, 6) is 0.0720. The molecule has 1 unspecified atom stereocenters. The quantitative estimate of drug-likeness (QED) is 0.811. The van der Waals surface area contributed by atoms with Crippen molar-refractivity contribution in [2.75, 3.05) is 11.4 Å². The fourth-order valence-corrected chi connectivity index (χ4v) is 2.56. The fraction of sp³-hybridized carbons (Fsp3) is 0.727. The van der Waals surface area contributed by atoms with E-state index in [0.29, 0.717) is 0 Å². The third-order valence-electron chi connectivity index (χ3n) is 2.52. The van der Waals surface area contributed by atoms with Crippen LogP contribution in [0.1, 0.15) is 39.4 Å². The zero-order valence-corrected chi connectivity index (χ0v) is 11.3. The molecule has 5 nitrogen and oxygen atoms in total. The fourth-order valence-electron chi connectivity index (χ4n) is 1.68. The molecule has 0 fully saturated rings. The van der Waals surface area contributed by atoms with Gasteiger partial charge in [0.15, 0.2) is 0 Å². The SMILES string of the molecule is CCCc1nsc(N(CC)C(C)CC(=O)O)n1. The van der Waals surface area contributed by atoms with Crippen LogP contribution in [0.3, 0.4) is 0 Å². The van der Waals surface area contributed by atoms with E-state index in [4.69, 9.17) is 5.11 Å². The summed E-state index contributed by atoms with van der Waals surface area (Å²) in [5, 5.41) is 9.63. The number of hydrogen-bond acceptors (Lipinski definition) is 5. The number of carboxylic acids is 1. The van der Waals surface area contributed by atoms with Gasteiger partial charge in [0.05, 0.1) is 6.42 Å². The van der Waals surface area contributed by atoms with Crippen molar-refractivity contribution in [2.45, 2.75) is 46.1 Å². The number of carboxylic acid groups (broad SMARTS) is 1. The van der Waals surface area contributed by atoms with Gasteiger partial charge in [0.1, 0.15) is 5.82 Å². The lowest BCUT2D eigenvalue weighted by Crippen LogP contribution is -2.34. The van der Waals surface area contributed by atoms with Gasteiger partial charge < -0.3 is 10.0 Å². The van der Waals surface area contributed by atoms with Crippen molar-refractivity contribution in [3.63, 3.8) is 0 Å². The highest BCUT2D eigenvalue weighted by Gasteiger charge is 2.19. The average Bonchev–Trinajstić information content (AvgIpc) is 2.67. The van der Waals surface area contributed by atoms with Gasteiger partial charge >= 0.3 is 5.97 Å². The van der Waals surface area contributed by atoms with Gasteiger partial charge in [0.25, 0.3) is 0 Å².